The minimum Gasteiger partial charge on any atom is -0.445 e. The fourth-order valence-corrected chi connectivity index (χ4v) is 4.88. The predicted molar refractivity (Wildman–Crippen MR) is 97.7 cm³/mol. The Bertz CT molecular complexity index is 801. The Hall–Kier alpha value is -2.14. The molecule has 2 aromatic rings. The Morgan fingerprint density at radius 2 is 1.96 bits per heavy atom. The zero-order chi connectivity index (χ0) is 18.3. The van der Waals surface area contributed by atoms with E-state index in [2.05, 4.69) is 4.98 Å². The SMILES string of the molecule is Cc1nc(C(=O)N2CCC(O)(c3ccccc3)[C@H]3CCCC[C@H]32)c(C)o1. The van der Waals surface area contributed by atoms with Crippen LogP contribution in [-0.4, -0.2) is 33.5 Å². The highest BCUT2D eigenvalue weighted by atomic mass is 16.4. The largest absolute Gasteiger partial charge is 0.445 e. The molecule has 1 N–H and O–H groups in total. The highest BCUT2D eigenvalue weighted by Crippen LogP contribution is 2.47. The van der Waals surface area contributed by atoms with Gasteiger partial charge in [0.05, 0.1) is 5.60 Å². The molecule has 2 aliphatic rings. The number of carbonyl (C=O) groups excluding carboxylic acids is 1. The molecule has 138 valence electrons. The van der Waals surface area contributed by atoms with Crippen LogP contribution in [0.4, 0.5) is 0 Å². The fourth-order valence-electron chi connectivity index (χ4n) is 4.88. The van der Waals surface area contributed by atoms with Crippen molar-refractivity contribution < 1.29 is 14.3 Å². The van der Waals surface area contributed by atoms with Gasteiger partial charge in [-0.2, -0.15) is 0 Å². The first kappa shape index (κ1) is 17.3. The van der Waals surface area contributed by atoms with Gasteiger partial charge >= 0.3 is 0 Å². The zero-order valence-electron chi connectivity index (χ0n) is 15.4. The molecule has 2 heterocycles. The normalized spacial score (nSPS) is 28.7. The highest BCUT2D eigenvalue weighted by molar-refractivity contribution is 5.93. The highest BCUT2D eigenvalue weighted by Gasteiger charge is 2.50. The van der Waals surface area contributed by atoms with E-state index in [-0.39, 0.29) is 17.9 Å². The van der Waals surface area contributed by atoms with Crippen molar-refractivity contribution >= 4 is 5.91 Å². The van der Waals surface area contributed by atoms with Crippen LogP contribution in [0.2, 0.25) is 0 Å². The van der Waals surface area contributed by atoms with Gasteiger partial charge in [-0.1, -0.05) is 43.2 Å². The molecule has 3 atom stereocenters. The molecule has 4 rings (SSSR count). The van der Waals surface area contributed by atoms with Gasteiger partial charge in [-0.25, -0.2) is 4.98 Å². The van der Waals surface area contributed by atoms with Crippen molar-refractivity contribution in [2.75, 3.05) is 6.54 Å². The number of aliphatic hydroxyl groups is 1. The second-order valence-electron chi connectivity index (χ2n) is 7.63. The van der Waals surface area contributed by atoms with E-state index in [1.807, 2.05) is 35.2 Å². The van der Waals surface area contributed by atoms with Crippen LogP contribution in [0.1, 0.15) is 59.8 Å². The summed E-state index contributed by atoms with van der Waals surface area (Å²) in [7, 11) is 0. The van der Waals surface area contributed by atoms with Gasteiger partial charge in [-0.15, -0.1) is 0 Å². The Kier molecular flexibility index (Phi) is 4.35. The molecular weight excluding hydrogens is 328 g/mol. The number of aromatic nitrogens is 1. The summed E-state index contributed by atoms with van der Waals surface area (Å²) >= 11 is 0. The Morgan fingerprint density at radius 3 is 2.65 bits per heavy atom. The van der Waals surface area contributed by atoms with Crippen LogP contribution < -0.4 is 0 Å². The van der Waals surface area contributed by atoms with Gasteiger partial charge in [0.25, 0.3) is 5.91 Å². The first-order valence-corrected chi connectivity index (χ1v) is 9.53. The zero-order valence-corrected chi connectivity index (χ0v) is 15.4. The smallest absolute Gasteiger partial charge is 0.276 e. The molecule has 1 unspecified atom stereocenters. The number of aryl methyl sites for hydroxylation is 2. The number of rotatable bonds is 2. The van der Waals surface area contributed by atoms with E-state index in [1.165, 1.54) is 0 Å². The minimum atomic E-state index is -0.863. The van der Waals surface area contributed by atoms with Crippen LogP contribution in [0.15, 0.2) is 34.7 Å². The van der Waals surface area contributed by atoms with Crippen molar-refractivity contribution in [1.29, 1.82) is 0 Å². The van der Waals surface area contributed by atoms with Crippen molar-refractivity contribution in [3.05, 3.63) is 53.2 Å². The van der Waals surface area contributed by atoms with Crippen LogP contribution in [0.25, 0.3) is 0 Å². The Balaban J connectivity index is 1.67. The second-order valence-corrected chi connectivity index (χ2v) is 7.63. The summed E-state index contributed by atoms with van der Waals surface area (Å²) < 4.78 is 5.46. The van der Waals surface area contributed by atoms with Gasteiger partial charge in [0.1, 0.15) is 5.76 Å². The third-order valence-corrected chi connectivity index (χ3v) is 6.12. The maximum atomic E-state index is 13.2. The molecule has 1 amide bonds. The van der Waals surface area contributed by atoms with Crippen LogP contribution in [0, 0.1) is 19.8 Å². The van der Waals surface area contributed by atoms with Crippen LogP contribution in [0.3, 0.4) is 0 Å². The molecule has 0 bridgehead atoms. The molecule has 1 aliphatic carbocycles. The van der Waals surface area contributed by atoms with Gasteiger partial charge in [0, 0.05) is 25.4 Å². The summed E-state index contributed by atoms with van der Waals surface area (Å²) in [5, 5.41) is 11.6. The number of piperidine rings is 1. The van der Waals surface area contributed by atoms with Gasteiger partial charge < -0.3 is 14.4 Å². The fraction of sp³-hybridized carbons (Fsp3) is 0.524. The molecule has 0 spiro atoms. The molecule has 5 heteroatoms. The Morgan fingerprint density at radius 1 is 1.23 bits per heavy atom. The molecule has 1 saturated carbocycles. The molecule has 5 nitrogen and oxygen atoms in total. The lowest BCUT2D eigenvalue weighted by Crippen LogP contribution is -2.59. The van der Waals surface area contributed by atoms with Crippen molar-refractivity contribution in [3.63, 3.8) is 0 Å². The number of fused-ring (bicyclic) bond motifs is 1. The van der Waals surface area contributed by atoms with Gasteiger partial charge in [-0.3, -0.25) is 4.79 Å². The monoisotopic (exact) mass is 354 g/mol. The molecule has 1 saturated heterocycles. The van der Waals surface area contributed by atoms with Crippen molar-refractivity contribution in [2.24, 2.45) is 5.92 Å². The van der Waals surface area contributed by atoms with Crippen molar-refractivity contribution in [1.82, 2.24) is 9.88 Å². The predicted octanol–water partition coefficient (Wildman–Crippen LogP) is 3.58. The summed E-state index contributed by atoms with van der Waals surface area (Å²) in [6.07, 6.45) is 4.62. The summed E-state index contributed by atoms with van der Waals surface area (Å²) in [4.78, 5) is 19.4. The lowest BCUT2D eigenvalue weighted by molar-refractivity contribution is -0.110. The second kappa shape index (κ2) is 6.54. The summed E-state index contributed by atoms with van der Waals surface area (Å²) in [6, 6.07) is 9.99. The minimum absolute atomic E-state index is 0.0478. The van der Waals surface area contributed by atoms with Crippen LogP contribution in [0.5, 0.6) is 0 Å². The quantitative estimate of drug-likeness (QED) is 0.895. The number of benzene rings is 1. The maximum Gasteiger partial charge on any atom is 0.276 e. The van der Waals surface area contributed by atoms with Crippen molar-refractivity contribution in [3.8, 4) is 0 Å². The van der Waals surface area contributed by atoms with Gasteiger partial charge in [0.15, 0.2) is 11.6 Å². The average Bonchev–Trinajstić information content (AvgIpc) is 3.01. The lowest BCUT2D eigenvalue weighted by atomic mass is 9.66. The molecule has 1 aromatic heterocycles. The first-order valence-electron chi connectivity index (χ1n) is 9.53. The molecular formula is C21H26N2O3. The summed E-state index contributed by atoms with van der Waals surface area (Å²) in [6.45, 7) is 4.09. The average molecular weight is 354 g/mol. The number of hydrogen-bond donors (Lipinski definition) is 1. The maximum absolute atomic E-state index is 13.2. The topological polar surface area (TPSA) is 66.6 Å². The number of oxazole rings is 1. The Labute approximate surface area is 154 Å². The van der Waals surface area contributed by atoms with Crippen molar-refractivity contribution in [2.45, 2.75) is 57.6 Å². The van der Waals surface area contributed by atoms with E-state index in [1.54, 1.807) is 13.8 Å². The number of carbonyl (C=O) groups is 1. The third-order valence-electron chi connectivity index (χ3n) is 6.12. The van der Waals surface area contributed by atoms with E-state index < -0.39 is 5.60 Å². The van der Waals surface area contributed by atoms with E-state index in [0.717, 1.165) is 31.2 Å². The van der Waals surface area contributed by atoms with Crippen LogP contribution in [-0.2, 0) is 5.60 Å². The summed E-state index contributed by atoms with van der Waals surface area (Å²) in [5.41, 5.74) is 0.521. The molecule has 1 aromatic carbocycles. The van der Waals surface area contributed by atoms with E-state index in [0.29, 0.717) is 30.3 Å². The standard InChI is InChI=1S/C21H26N2O3/c1-14-19(22-15(2)26-14)20(24)23-13-12-21(25,16-8-4-3-5-9-16)17-10-6-7-11-18(17)23/h3-5,8-9,17-18,25H,6-7,10-13H2,1-2H3/t17-,18+,21?/m0/s1. The number of amides is 1. The van der Waals surface area contributed by atoms with E-state index in [9.17, 15) is 9.90 Å². The number of likely N-dealkylation sites (tertiary alicyclic amines) is 1. The third kappa shape index (κ3) is 2.75. The number of hydrogen-bond acceptors (Lipinski definition) is 4. The molecule has 2 fully saturated rings. The first-order chi connectivity index (χ1) is 12.5. The molecule has 0 radical (unpaired) electrons. The summed E-state index contributed by atoms with van der Waals surface area (Å²) in [5.74, 6) is 1.09. The van der Waals surface area contributed by atoms with Gasteiger partial charge in [0.2, 0.25) is 0 Å². The van der Waals surface area contributed by atoms with E-state index >= 15 is 0 Å². The van der Waals surface area contributed by atoms with Crippen LogP contribution >= 0.6 is 0 Å². The molecule has 26 heavy (non-hydrogen) atoms. The lowest BCUT2D eigenvalue weighted by Gasteiger charge is -2.52. The van der Waals surface area contributed by atoms with E-state index in [4.69, 9.17) is 4.42 Å². The van der Waals surface area contributed by atoms with Gasteiger partial charge in [-0.05, 0) is 31.7 Å². The molecule has 1 aliphatic heterocycles. The number of nitrogens with zero attached hydrogens (tertiary/aromatic N) is 2.